The second-order valence-corrected chi connectivity index (χ2v) is 7.50. The number of ether oxygens (including phenoxy) is 1. The number of methoxy groups -OCH3 is 1. The van der Waals surface area contributed by atoms with Gasteiger partial charge in [-0.05, 0) is 56.2 Å². The summed E-state index contributed by atoms with van der Waals surface area (Å²) in [5.41, 5.74) is 1.93. The lowest BCUT2D eigenvalue weighted by atomic mass is 10.1. The molecule has 1 aromatic rings. The molecule has 0 bridgehead atoms. The molecule has 138 valence electrons. The molecule has 2 heterocycles. The van der Waals surface area contributed by atoms with E-state index in [-0.39, 0.29) is 17.2 Å². The van der Waals surface area contributed by atoms with Crippen LogP contribution in [0.1, 0.15) is 31.7 Å². The van der Waals surface area contributed by atoms with Crippen molar-refractivity contribution in [2.75, 3.05) is 25.1 Å². The SMILES string of the molecule is C=C[C@@H](C)N1C(=O)S/C(=C\c2ccc(N3CCCCC3)cc2OC)C1=O. The van der Waals surface area contributed by atoms with Crippen LogP contribution in [0.3, 0.4) is 0 Å². The minimum Gasteiger partial charge on any atom is -0.496 e. The fourth-order valence-corrected chi connectivity index (χ4v) is 4.15. The Morgan fingerprint density at radius 3 is 2.62 bits per heavy atom. The van der Waals surface area contributed by atoms with Crippen LogP contribution in [0.5, 0.6) is 5.75 Å². The van der Waals surface area contributed by atoms with Crippen molar-refractivity contribution in [3.05, 3.63) is 41.3 Å². The van der Waals surface area contributed by atoms with Crippen LogP contribution in [0.15, 0.2) is 35.8 Å². The highest BCUT2D eigenvalue weighted by molar-refractivity contribution is 8.18. The molecule has 0 N–H and O–H groups in total. The number of nitrogens with zero attached hydrogens (tertiary/aromatic N) is 2. The third-order valence-corrected chi connectivity index (χ3v) is 5.68. The number of rotatable bonds is 5. The molecule has 2 saturated heterocycles. The van der Waals surface area contributed by atoms with Crippen molar-refractivity contribution in [2.45, 2.75) is 32.2 Å². The molecule has 26 heavy (non-hydrogen) atoms. The van der Waals surface area contributed by atoms with Gasteiger partial charge < -0.3 is 9.64 Å². The van der Waals surface area contributed by atoms with Gasteiger partial charge in [-0.1, -0.05) is 6.08 Å². The van der Waals surface area contributed by atoms with Crippen molar-refractivity contribution in [1.82, 2.24) is 4.90 Å². The molecule has 6 heteroatoms. The second-order valence-electron chi connectivity index (χ2n) is 6.50. The molecule has 0 radical (unpaired) electrons. The number of carbonyl (C=O) groups is 2. The van der Waals surface area contributed by atoms with E-state index in [1.165, 1.54) is 24.2 Å². The standard InChI is InChI=1S/C20H24N2O3S/c1-4-14(2)22-19(23)18(26-20(22)24)12-15-8-9-16(13-17(15)25-3)21-10-6-5-7-11-21/h4,8-9,12-14H,1,5-7,10-11H2,2-3H3/b18-12-/t14-/m1/s1. The molecule has 2 aliphatic rings. The molecule has 0 saturated carbocycles. The highest BCUT2D eigenvalue weighted by Gasteiger charge is 2.37. The zero-order valence-electron chi connectivity index (χ0n) is 15.2. The van der Waals surface area contributed by atoms with Gasteiger partial charge >= 0.3 is 0 Å². The normalized spacial score (nSPS) is 20.6. The van der Waals surface area contributed by atoms with Crippen LogP contribution < -0.4 is 9.64 Å². The average molecular weight is 372 g/mol. The summed E-state index contributed by atoms with van der Waals surface area (Å²) in [6, 6.07) is 5.69. The molecular formula is C20H24N2O3S. The molecule has 2 fully saturated rings. The number of amides is 2. The van der Waals surface area contributed by atoms with E-state index < -0.39 is 0 Å². The van der Waals surface area contributed by atoms with E-state index >= 15 is 0 Å². The Bertz CT molecular complexity index is 753. The third kappa shape index (κ3) is 3.65. The van der Waals surface area contributed by atoms with Gasteiger partial charge in [-0.3, -0.25) is 14.5 Å². The maximum atomic E-state index is 12.6. The summed E-state index contributed by atoms with van der Waals surface area (Å²) < 4.78 is 5.54. The number of benzene rings is 1. The Morgan fingerprint density at radius 1 is 1.23 bits per heavy atom. The Hall–Kier alpha value is -2.21. The molecule has 5 nitrogen and oxygen atoms in total. The summed E-state index contributed by atoms with van der Waals surface area (Å²) in [5.74, 6) is 0.422. The Morgan fingerprint density at radius 2 is 1.96 bits per heavy atom. The molecule has 1 atom stereocenters. The van der Waals surface area contributed by atoms with Crippen molar-refractivity contribution >= 4 is 34.7 Å². The summed E-state index contributed by atoms with van der Waals surface area (Å²) in [7, 11) is 1.62. The lowest BCUT2D eigenvalue weighted by Gasteiger charge is -2.29. The van der Waals surface area contributed by atoms with Crippen LogP contribution in [-0.4, -0.2) is 42.3 Å². The zero-order valence-corrected chi connectivity index (χ0v) is 16.1. The largest absolute Gasteiger partial charge is 0.496 e. The number of thioether (sulfide) groups is 1. The summed E-state index contributed by atoms with van der Waals surface area (Å²) in [6.45, 7) is 7.56. The van der Waals surface area contributed by atoms with E-state index in [0.717, 1.165) is 36.1 Å². The second kappa shape index (κ2) is 7.99. The number of carbonyl (C=O) groups excluding carboxylic acids is 2. The van der Waals surface area contributed by atoms with Gasteiger partial charge in [0, 0.05) is 30.4 Å². The van der Waals surface area contributed by atoms with E-state index in [1.807, 2.05) is 12.1 Å². The minimum absolute atomic E-state index is 0.266. The quantitative estimate of drug-likeness (QED) is 0.570. The molecule has 2 amide bonds. The number of piperidine rings is 1. The van der Waals surface area contributed by atoms with E-state index in [9.17, 15) is 9.59 Å². The molecule has 1 aromatic carbocycles. The Kier molecular flexibility index (Phi) is 5.71. The van der Waals surface area contributed by atoms with Crippen molar-refractivity contribution in [2.24, 2.45) is 0 Å². The van der Waals surface area contributed by atoms with Crippen molar-refractivity contribution in [3.63, 3.8) is 0 Å². The minimum atomic E-state index is -0.322. The van der Waals surface area contributed by atoms with E-state index in [4.69, 9.17) is 4.74 Å². The predicted molar refractivity (Wildman–Crippen MR) is 107 cm³/mol. The predicted octanol–water partition coefficient (Wildman–Crippen LogP) is 4.30. The summed E-state index contributed by atoms with van der Waals surface area (Å²) in [5, 5.41) is -0.266. The number of anilines is 1. The van der Waals surface area contributed by atoms with Gasteiger partial charge in [0.25, 0.3) is 11.1 Å². The highest BCUT2D eigenvalue weighted by atomic mass is 32.2. The van der Waals surface area contributed by atoms with Crippen molar-refractivity contribution in [1.29, 1.82) is 0 Å². The van der Waals surface area contributed by atoms with Crippen LogP contribution in [0.2, 0.25) is 0 Å². The first kappa shape index (κ1) is 18.6. The van der Waals surface area contributed by atoms with Crippen LogP contribution in [0.25, 0.3) is 6.08 Å². The molecular weight excluding hydrogens is 348 g/mol. The summed E-state index contributed by atoms with van der Waals surface area (Å²) in [6.07, 6.45) is 7.02. The van der Waals surface area contributed by atoms with Gasteiger partial charge in [0.1, 0.15) is 5.75 Å². The van der Waals surface area contributed by atoms with Gasteiger partial charge in [0.15, 0.2) is 0 Å². The van der Waals surface area contributed by atoms with Crippen LogP contribution in [-0.2, 0) is 4.79 Å². The Balaban J connectivity index is 1.87. The average Bonchev–Trinajstić information content (AvgIpc) is 2.95. The fourth-order valence-electron chi connectivity index (χ4n) is 3.25. The van der Waals surface area contributed by atoms with Crippen molar-refractivity contribution < 1.29 is 14.3 Å². The van der Waals surface area contributed by atoms with Gasteiger partial charge in [-0.2, -0.15) is 0 Å². The van der Waals surface area contributed by atoms with Crippen LogP contribution in [0, 0.1) is 0 Å². The maximum absolute atomic E-state index is 12.6. The van der Waals surface area contributed by atoms with Gasteiger partial charge in [-0.15, -0.1) is 6.58 Å². The monoisotopic (exact) mass is 372 g/mol. The molecule has 0 aliphatic carbocycles. The van der Waals surface area contributed by atoms with E-state index in [1.54, 1.807) is 26.2 Å². The topological polar surface area (TPSA) is 49.9 Å². The smallest absolute Gasteiger partial charge is 0.294 e. The molecule has 0 aromatic heterocycles. The first-order chi connectivity index (χ1) is 12.5. The number of hydrogen-bond acceptors (Lipinski definition) is 5. The lowest BCUT2D eigenvalue weighted by molar-refractivity contribution is -0.123. The fraction of sp³-hybridized carbons (Fsp3) is 0.400. The number of hydrogen-bond donors (Lipinski definition) is 0. The molecule has 3 rings (SSSR count). The van der Waals surface area contributed by atoms with Gasteiger partial charge in [0.2, 0.25) is 0 Å². The summed E-state index contributed by atoms with van der Waals surface area (Å²) in [4.78, 5) is 28.7. The van der Waals surface area contributed by atoms with E-state index in [0.29, 0.717) is 10.7 Å². The highest BCUT2D eigenvalue weighted by Crippen LogP contribution is 2.36. The first-order valence-electron chi connectivity index (χ1n) is 8.87. The molecule has 0 unspecified atom stereocenters. The number of imide groups is 1. The van der Waals surface area contributed by atoms with Crippen LogP contribution in [0.4, 0.5) is 10.5 Å². The Labute approximate surface area is 158 Å². The maximum Gasteiger partial charge on any atom is 0.294 e. The summed E-state index contributed by atoms with van der Waals surface area (Å²) >= 11 is 0.957. The lowest BCUT2D eigenvalue weighted by Crippen LogP contribution is -2.35. The van der Waals surface area contributed by atoms with Gasteiger partial charge in [0.05, 0.1) is 18.1 Å². The van der Waals surface area contributed by atoms with Crippen LogP contribution >= 0.6 is 11.8 Å². The molecule has 2 aliphatic heterocycles. The molecule has 0 spiro atoms. The van der Waals surface area contributed by atoms with Gasteiger partial charge in [-0.25, -0.2) is 0 Å². The van der Waals surface area contributed by atoms with E-state index in [2.05, 4.69) is 17.5 Å². The third-order valence-electron chi connectivity index (χ3n) is 4.80. The zero-order chi connectivity index (χ0) is 18.7. The first-order valence-corrected chi connectivity index (χ1v) is 9.69. The van der Waals surface area contributed by atoms with Crippen molar-refractivity contribution in [3.8, 4) is 5.75 Å².